The summed E-state index contributed by atoms with van der Waals surface area (Å²) in [4.78, 5) is 29.5. The molecule has 0 spiro atoms. The van der Waals surface area contributed by atoms with Crippen LogP contribution in [-0.4, -0.2) is 22.0 Å². The van der Waals surface area contributed by atoms with Gasteiger partial charge >= 0.3 is 0 Å². The fraction of sp³-hybridized carbons (Fsp3) is 0.280. The number of oxazole rings is 1. The lowest BCUT2D eigenvalue weighted by Gasteiger charge is -2.05. The van der Waals surface area contributed by atoms with Gasteiger partial charge in [0.2, 0.25) is 11.8 Å². The second-order valence-corrected chi connectivity index (χ2v) is 8.14. The smallest absolute Gasteiger partial charge is 0.259 e. The molecule has 0 unspecified atom stereocenters. The van der Waals surface area contributed by atoms with Gasteiger partial charge in [-0.25, -0.2) is 4.98 Å². The second-order valence-electron chi connectivity index (χ2n) is 8.14. The van der Waals surface area contributed by atoms with Crippen molar-refractivity contribution in [3.8, 4) is 11.5 Å². The van der Waals surface area contributed by atoms with Gasteiger partial charge in [0.1, 0.15) is 28.7 Å². The molecular weight excluding hydrogens is 436 g/mol. The molecule has 0 bridgehead atoms. The predicted octanol–water partition coefficient (Wildman–Crippen LogP) is 4.58. The molecule has 9 heteroatoms. The Bertz CT molecular complexity index is 1340. The van der Waals surface area contributed by atoms with Crippen molar-refractivity contribution in [2.45, 2.75) is 47.6 Å². The molecular formula is C25H26N4O5. The van der Waals surface area contributed by atoms with Gasteiger partial charge in [-0.1, -0.05) is 11.2 Å². The van der Waals surface area contributed by atoms with Crippen molar-refractivity contribution in [2.24, 2.45) is 0 Å². The maximum absolute atomic E-state index is 12.6. The lowest BCUT2D eigenvalue weighted by Crippen LogP contribution is -2.25. The molecule has 3 aromatic heterocycles. The van der Waals surface area contributed by atoms with E-state index < -0.39 is 0 Å². The van der Waals surface area contributed by atoms with Crippen LogP contribution in [0.2, 0.25) is 0 Å². The number of nitrogens with zero attached hydrogens (tertiary/aromatic N) is 2. The first kappa shape index (κ1) is 23.0. The lowest BCUT2D eigenvalue weighted by atomic mass is 10.1. The lowest BCUT2D eigenvalue weighted by molar-refractivity contribution is -0.120. The average Bonchev–Trinajstić information content (AvgIpc) is 3.44. The van der Waals surface area contributed by atoms with Gasteiger partial charge in [-0.05, 0) is 58.9 Å². The molecule has 0 aliphatic carbocycles. The van der Waals surface area contributed by atoms with E-state index in [1.54, 1.807) is 52.8 Å². The summed E-state index contributed by atoms with van der Waals surface area (Å²) in [6, 6.07) is 8.93. The minimum atomic E-state index is -0.253. The van der Waals surface area contributed by atoms with Crippen LogP contribution in [0.1, 0.15) is 50.4 Å². The number of hydrogen-bond acceptors (Lipinski definition) is 7. The maximum Gasteiger partial charge on any atom is 0.259 e. The van der Waals surface area contributed by atoms with Crippen molar-refractivity contribution in [3.05, 3.63) is 75.9 Å². The molecule has 0 atom stereocenters. The van der Waals surface area contributed by atoms with E-state index in [1.165, 1.54) is 0 Å². The van der Waals surface area contributed by atoms with Gasteiger partial charge < -0.3 is 24.0 Å². The highest BCUT2D eigenvalue weighted by atomic mass is 16.5. The third-order valence-corrected chi connectivity index (χ3v) is 5.52. The van der Waals surface area contributed by atoms with Crippen LogP contribution in [-0.2, 0) is 17.8 Å². The van der Waals surface area contributed by atoms with Gasteiger partial charge in [0, 0.05) is 16.8 Å². The number of aromatic nitrogens is 2. The van der Waals surface area contributed by atoms with Gasteiger partial charge in [-0.3, -0.25) is 9.59 Å². The van der Waals surface area contributed by atoms with E-state index in [1.807, 2.05) is 12.1 Å². The number of benzene rings is 1. The zero-order chi connectivity index (χ0) is 24.4. The Labute approximate surface area is 196 Å². The molecule has 34 heavy (non-hydrogen) atoms. The number of anilines is 1. The summed E-state index contributed by atoms with van der Waals surface area (Å²) >= 11 is 0. The number of nitrogens with one attached hydrogen (secondary N) is 2. The van der Waals surface area contributed by atoms with Crippen LogP contribution >= 0.6 is 0 Å². The second kappa shape index (κ2) is 9.38. The molecule has 9 nitrogen and oxygen atoms in total. The van der Waals surface area contributed by atoms with Crippen molar-refractivity contribution < 1.29 is 22.9 Å². The van der Waals surface area contributed by atoms with Crippen molar-refractivity contribution in [2.75, 3.05) is 5.32 Å². The highest BCUT2D eigenvalue weighted by Crippen LogP contribution is 2.25. The van der Waals surface area contributed by atoms with Crippen LogP contribution in [0.4, 0.5) is 5.69 Å². The summed E-state index contributed by atoms with van der Waals surface area (Å²) in [6.07, 6.45) is 0.183. The van der Waals surface area contributed by atoms with Gasteiger partial charge in [0.05, 0.1) is 24.2 Å². The summed E-state index contributed by atoms with van der Waals surface area (Å²) in [5, 5.41) is 9.61. The van der Waals surface area contributed by atoms with Crippen LogP contribution in [0, 0.1) is 34.6 Å². The van der Waals surface area contributed by atoms with Crippen molar-refractivity contribution in [3.63, 3.8) is 0 Å². The third kappa shape index (κ3) is 4.93. The highest BCUT2D eigenvalue weighted by Gasteiger charge is 2.17. The molecule has 0 aliphatic heterocycles. The quantitative estimate of drug-likeness (QED) is 0.412. The Kier molecular flexibility index (Phi) is 6.36. The molecule has 0 aliphatic rings. The summed E-state index contributed by atoms with van der Waals surface area (Å²) in [5.41, 5.74) is 3.91. The number of carbonyl (C=O) groups excluding carboxylic acids is 2. The molecule has 3 heterocycles. The first-order chi connectivity index (χ1) is 16.2. The highest BCUT2D eigenvalue weighted by molar-refractivity contribution is 6.05. The molecule has 0 saturated heterocycles. The zero-order valence-corrected chi connectivity index (χ0v) is 19.7. The monoisotopic (exact) mass is 462 g/mol. The molecule has 0 fully saturated rings. The van der Waals surface area contributed by atoms with Crippen LogP contribution in [0.5, 0.6) is 0 Å². The molecule has 4 rings (SSSR count). The molecule has 2 amide bonds. The maximum atomic E-state index is 12.6. The van der Waals surface area contributed by atoms with Crippen molar-refractivity contribution in [1.82, 2.24) is 15.5 Å². The normalized spacial score (nSPS) is 11.0. The minimum Gasteiger partial charge on any atom is -0.466 e. The van der Waals surface area contributed by atoms with Crippen molar-refractivity contribution in [1.29, 1.82) is 0 Å². The molecule has 4 aromatic rings. The Balaban J connectivity index is 1.43. The number of hydrogen-bond donors (Lipinski definition) is 2. The standard InChI is InChI=1S/C25H26N4O5/c1-13-9-21(15(3)32-13)24(31)27-19-8-6-7-18(10-19)25-28-22(17(5)33-25)12-26-23(30)11-20-14(2)29-34-16(20)4/h6-10H,11-12H2,1-5H3,(H,26,30)(H,27,31). The summed E-state index contributed by atoms with van der Waals surface area (Å²) in [7, 11) is 0. The van der Waals surface area contributed by atoms with Gasteiger partial charge in [-0.2, -0.15) is 0 Å². The Morgan fingerprint density at radius 1 is 0.971 bits per heavy atom. The number of carbonyl (C=O) groups is 2. The SMILES string of the molecule is Cc1cc(C(=O)Nc2cccc(-c3nc(CNC(=O)Cc4c(C)noc4C)c(C)o3)c2)c(C)o1. The molecule has 2 N–H and O–H groups in total. The van der Waals surface area contributed by atoms with E-state index in [-0.39, 0.29) is 24.8 Å². The molecule has 0 saturated carbocycles. The van der Waals surface area contributed by atoms with Gasteiger partial charge in [0.15, 0.2) is 0 Å². The van der Waals surface area contributed by atoms with Crippen LogP contribution in [0.15, 0.2) is 43.7 Å². The number of aryl methyl sites for hydroxylation is 5. The van der Waals surface area contributed by atoms with Gasteiger partial charge in [0.25, 0.3) is 5.91 Å². The first-order valence-electron chi connectivity index (χ1n) is 10.8. The van der Waals surface area contributed by atoms with Crippen LogP contribution < -0.4 is 10.6 Å². The third-order valence-electron chi connectivity index (χ3n) is 5.52. The Morgan fingerprint density at radius 2 is 1.76 bits per heavy atom. The van der Waals surface area contributed by atoms with Crippen molar-refractivity contribution >= 4 is 17.5 Å². The summed E-state index contributed by atoms with van der Waals surface area (Å²) < 4.78 is 16.4. The largest absolute Gasteiger partial charge is 0.466 e. The first-order valence-corrected chi connectivity index (χ1v) is 10.8. The predicted molar refractivity (Wildman–Crippen MR) is 124 cm³/mol. The summed E-state index contributed by atoms with van der Waals surface area (Å²) in [5.74, 6) is 2.47. The fourth-order valence-corrected chi connectivity index (χ4v) is 3.66. The number of amides is 2. The zero-order valence-electron chi connectivity index (χ0n) is 19.7. The van der Waals surface area contributed by atoms with E-state index in [9.17, 15) is 9.59 Å². The van der Waals surface area contributed by atoms with Crippen LogP contribution in [0.3, 0.4) is 0 Å². The minimum absolute atomic E-state index is 0.159. The Hall–Kier alpha value is -4.14. The molecule has 0 radical (unpaired) electrons. The van der Waals surface area contributed by atoms with E-state index >= 15 is 0 Å². The number of rotatable bonds is 7. The van der Waals surface area contributed by atoms with E-state index in [0.717, 1.165) is 5.56 Å². The fourth-order valence-electron chi connectivity index (χ4n) is 3.66. The van der Waals surface area contributed by atoms with E-state index in [2.05, 4.69) is 20.8 Å². The molecule has 176 valence electrons. The average molecular weight is 463 g/mol. The molecule has 1 aromatic carbocycles. The van der Waals surface area contributed by atoms with E-state index in [0.29, 0.717) is 57.1 Å². The van der Waals surface area contributed by atoms with E-state index in [4.69, 9.17) is 13.4 Å². The topological polar surface area (TPSA) is 123 Å². The van der Waals surface area contributed by atoms with Crippen LogP contribution in [0.25, 0.3) is 11.5 Å². The van der Waals surface area contributed by atoms with Gasteiger partial charge in [-0.15, -0.1) is 0 Å². The number of furan rings is 1. The summed E-state index contributed by atoms with van der Waals surface area (Å²) in [6.45, 7) is 9.16. The Morgan fingerprint density at radius 3 is 2.44 bits per heavy atom.